The lowest BCUT2D eigenvalue weighted by molar-refractivity contribution is -0.131. The normalized spacial score (nSPS) is 21.7. The second-order valence-electron chi connectivity index (χ2n) is 8.95. The summed E-state index contributed by atoms with van der Waals surface area (Å²) in [5.41, 5.74) is 1.07. The van der Waals surface area contributed by atoms with Gasteiger partial charge in [0.15, 0.2) is 0 Å². The topological polar surface area (TPSA) is 96.0 Å². The van der Waals surface area contributed by atoms with Gasteiger partial charge >= 0.3 is 0 Å². The van der Waals surface area contributed by atoms with Crippen LogP contribution in [-0.4, -0.2) is 71.8 Å². The van der Waals surface area contributed by atoms with Crippen LogP contribution in [0.15, 0.2) is 18.2 Å². The highest BCUT2D eigenvalue weighted by atomic mass is 16.5. The molecular weight excluding hydrogens is 398 g/mol. The molecule has 3 aliphatic heterocycles. The number of nitrogens with zero attached hydrogens (tertiary/aromatic N) is 2. The Morgan fingerprint density at radius 1 is 1.10 bits per heavy atom. The summed E-state index contributed by atoms with van der Waals surface area (Å²) >= 11 is 0. The van der Waals surface area contributed by atoms with E-state index in [9.17, 15) is 19.2 Å². The zero-order chi connectivity index (χ0) is 22.1. The van der Waals surface area contributed by atoms with Gasteiger partial charge in [0, 0.05) is 37.8 Å². The number of ether oxygens (including phenoxy) is 1. The summed E-state index contributed by atoms with van der Waals surface area (Å²) in [7, 11) is 0. The van der Waals surface area contributed by atoms with Crippen molar-refractivity contribution in [2.45, 2.75) is 51.7 Å². The van der Waals surface area contributed by atoms with Gasteiger partial charge in [-0.05, 0) is 49.8 Å². The molecule has 2 fully saturated rings. The molecule has 166 valence electrons. The van der Waals surface area contributed by atoms with Gasteiger partial charge in [-0.15, -0.1) is 0 Å². The van der Waals surface area contributed by atoms with Gasteiger partial charge in [-0.2, -0.15) is 0 Å². The van der Waals surface area contributed by atoms with Crippen molar-refractivity contribution in [3.63, 3.8) is 0 Å². The average Bonchev–Trinajstić information content (AvgIpc) is 3.38. The minimum Gasteiger partial charge on any atom is -0.368 e. The highest BCUT2D eigenvalue weighted by Crippen LogP contribution is 2.26. The van der Waals surface area contributed by atoms with Crippen LogP contribution >= 0.6 is 0 Å². The first-order valence-corrected chi connectivity index (χ1v) is 11.1. The summed E-state index contributed by atoms with van der Waals surface area (Å²) in [5, 5.41) is 3.04. The molecule has 0 bridgehead atoms. The molecule has 1 aromatic rings. The quantitative estimate of drug-likeness (QED) is 0.724. The minimum atomic E-state index is -0.346. The molecule has 0 radical (unpaired) electrons. The lowest BCUT2D eigenvalue weighted by atomic mass is 10.0. The van der Waals surface area contributed by atoms with Crippen molar-refractivity contribution in [1.29, 1.82) is 0 Å². The minimum absolute atomic E-state index is 0.0320. The van der Waals surface area contributed by atoms with Crippen LogP contribution in [-0.2, 0) is 9.53 Å². The highest BCUT2D eigenvalue weighted by Gasteiger charge is 2.37. The summed E-state index contributed by atoms with van der Waals surface area (Å²) in [6, 6.07) is 4.78. The first-order chi connectivity index (χ1) is 14.8. The molecule has 3 heterocycles. The molecule has 0 spiro atoms. The van der Waals surface area contributed by atoms with E-state index in [0.29, 0.717) is 55.8 Å². The maximum absolute atomic E-state index is 13.0. The van der Waals surface area contributed by atoms with Crippen molar-refractivity contribution in [3.05, 3.63) is 34.9 Å². The van der Waals surface area contributed by atoms with E-state index in [-0.39, 0.29) is 41.7 Å². The monoisotopic (exact) mass is 427 g/mol. The van der Waals surface area contributed by atoms with Gasteiger partial charge in [-0.25, -0.2) is 0 Å². The van der Waals surface area contributed by atoms with E-state index >= 15 is 0 Å². The Morgan fingerprint density at radius 2 is 1.81 bits per heavy atom. The maximum Gasteiger partial charge on any atom is 0.261 e. The lowest BCUT2D eigenvalue weighted by Gasteiger charge is -2.33. The Labute approximate surface area is 181 Å². The zero-order valence-electron chi connectivity index (χ0n) is 18.1. The third-order valence-electron chi connectivity index (χ3n) is 6.12. The molecule has 0 aliphatic carbocycles. The van der Waals surface area contributed by atoms with Crippen LogP contribution in [0.2, 0.25) is 0 Å². The third-order valence-corrected chi connectivity index (χ3v) is 6.12. The standard InChI is InChI=1S/C23H29N3O5/c1-14(2)13-26-22(29)17-6-5-15(12-18(17)23(26)30)21(28)25-9-7-16(8-10-25)24-20(27)19-4-3-11-31-19/h5-6,12,14,16,19H,3-4,7-11,13H2,1-2H3,(H,24,27). The van der Waals surface area contributed by atoms with Crippen LogP contribution in [0.4, 0.5) is 0 Å². The Balaban J connectivity index is 1.37. The van der Waals surface area contributed by atoms with Gasteiger partial charge in [0.2, 0.25) is 5.91 Å². The first-order valence-electron chi connectivity index (χ1n) is 11.1. The highest BCUT2D eigenvalue weighted by molar-refractivity contribution is 6.22. The summed E-state index contributed by atoms with van der Waals surface area (Å²) in [4.78, 5) is 53.4. The van der Waals surface area contributed by atoms with Crippen molar-refractivity contribution in [1.82, 2.24) is 15.1 Å². The Kier molecular flexibility index (Phi) is 6.09. The number of carbonyl (C=O) groups is 4. The molecule has 31 heavy (non-hydrogen) atoms. The number of piperidine rings is 1. The van der Waals surface area contributed by atoms with E-state index in [2.05, 4.69) is 5.32 Å². The molecule has 0 aromatic heterocycles. The molecule has 1 unspecified atom stereocenters. The van der Waals surface area contributed by atoms with Crippen molar-refractivity contribution < 1.29 is 23.9 Å². The van der Waals surface area contributed by atoms with Crippen LogP contribution in [0.3, 0.4) is 0 Å². The fraction of sp³-hybridized carbons (Fsp3) is 0.565. The van der Waals surface area contributed by atoms with Crippen molar-refractivity contribution in [2.24, 2.45) is 5.92 Å². The van der Waals surface area contributed by atoms with E-state index in [4.69, 9.17) is 4.74 Å². The molecule has 0 saturated carbocycles. The molecule has 4 amide bonds. The van der Waals surface area contributed by atoms with Crippen molar-refractivity contribution in [2.75, 3.05) is 26.2 Å². The largest absolute Gasteiger partial charge is 0.368 e. The number of hydrogen-bond acceptors (Lipinski definition) is 5. The van der Waals surface area contributed by atoms with Gasteiger partial charge < -0.3 is 15.0 Å². The van der Waals surface area contributed by atoms with Crippen molar-refractivity contribution in [3.8, 4) is 0 Å². The number of hydrogen-bond donors (Lipinski definition) is 1. The summed E-state index contributed by atoms with van der Waals surface area (Å²) < 4.78 is 5.42. The predicted octanol–water partition coefficient (Wildman–Crippen LogP) is 1.84. The number of nitrogens with one attached hydrogen (secondary N) is 1. The fourth-order valence-electron chi connectivity index (χ4n) is 4.44. The number of carbonyl (C=O) groups excluding carboxylic acids is 4. The molecule has 8 nitrogen and oxygen atoms in total. The van der Waals surface area contributed by atoms with E-state index in [1.165, 1.54) is 4.90 Å². The number of fused-ring (bicyclic) bond motifs is 1. The second-order valence-corrected chi connectivity index (χ2v) is 8.95. The lowest BCUT2D eigenvalue weighted by Crippen LogP contribution is -2.48. The van der Waals surface area contributed by atoms with Crippen LogP contribution in [0, 0.1) is 5.92 Å². The smallest absolute Gasteiger partial charge is 0.261 e. The third kappa shape index (κ3) is 4.35. The van der Waals surface area contributed by atoms with Crippen LogP contribution < -0.4 is 5.32 Å². The first kappa shape index (κ1) is 21.5. The molecule has 1 aromatic carbocycles. The van der Waals surface area contributed by atoms with E-state index in [1.807, 2.05) is 13.8 Å². The van der Waals surface area contributed by atoms with Gasteiger partial charge in [-0.3, -0.25) is 24.1 Å². The van der Waals surface area contributed by atoms with Gasteiger partial charge in [0.25, 0.3) is 17.7 Å². The molecule has 3 aliphatic rings. The van der Waals surface area contributed by atoms with Crippen molar-refractivity contribution >= 4 is 23.6 Å². The Bertz CT molecular complexity index is 898. The SMILES string of the molecule is CC(C)CN1C(=O)c2ccc(C(=O)N3CCC(NC(=O)C4CCCO4)CC3)cc2C1=O. The van der Waals surface area contributed by atoms with Gasteiger partial charge in [0.1, 0.15) is 6.10 Å². The molecular formula is C23H29N3O5. The van der Waals surface area contributed by atoms with E-state index < -0.39 is 0 Å². The number of imide groups is 1. The van der Waals surface area contributed by atoms with Gasteiger partial charge in [-0.1, -0.05) is 13.8 Å². The Hall–Kier alpha value is -2.74. The summed E-state index contributed by atoms with van der Waals surface area (Å²) in [6.07, 6.45) is 2.68. The molecule has 2 saturated heterocycles. The molecule has 1 N–H and O–H groups in total. The van der Waals surface area contributed by atoms with E-state index in [0.717, 1.165) is 12.8 Å². The number of amides is 4. The zero-order valence-corrected chi connectivity index (χ0v) is 18.1. The number of benzene rings is 1. The Morgan fingerprint density at radius 3 is 2.45 bits per heavy atom. The van der Waals surface area contributed by atoms with E-state index in [1.54, 1.807) is 23.1 Å². The van der Waals surface area contributed by atoms with Gasteiger partial charge in [0.05, 0.1) is 11.1 Å². The fourth-order valence-corrected chi connectivity index (χ4v) is 4.44. The van der Waals surface area contributed by atoms with Crippen LogP contribution in [0.5, 0.6) is 0 Å². The summed E-state index contributed by atoms with van der Waals surface area (Å²) in [5.74, 6) is -0.677. The molecule has 1 atom stereocenters. The average molecular weight is 428 g/mol. The molecule has 8 heteroatoms. The second kappa shape index (κ2) is 8.78. The predicted molar refractivity (Wildman–Crippen MR) is 113 cm³/mol. The number of rotatable bonds is 5. The van der Waals surface area contributed by atoms with Crippen LogP contribution in [0.25, 0.3) is 0 Å². The molecule has 4 rings (SSSR count). The van der Waals surface area contributed by atoms with Crippen LogP contribution in [0.1, 0.15) is 70.6 Å². The summed E-state index contributed by atoms with van der Waals surface area (Å²) in [6.45, 7) is 5.95. The maximum atomic E-state index is 13.0. The number of likely N-dealkylation sites (tertiary alicyclic amines) is 1.